The molecule has 0 nitrogen and oxygen atoms in total. The van der Waals surface area contributed by atoms with Crippen LogP contribution in [0.1, 0.15) is 25.0 Å². The molecular formula is C11H15F3. The smallest absolute Gasteiger partial charge is 0.171 e. The predicted molar refractivity (Wildman–Crippen MR) is 52.3 cm³/mol. The number of rotatable bonds is 1. The number of hydrogen-bond acceptors (Lipinski definition) is 0. The Morgan fingerprint density at radius 3 is 2.14 bits per heavy atom. The Kier molecular flexibility index (Phi) is 5.28. The Balaban J connectivity index is 0.000000791. The van der Waals surface area contributed by atoms with E-state index >= 15 is 0 Å². The van der Waals surface area contributed by atoms with Gasteiger partial charge in [-0.1, -0.05) is 43.7 Å². The van der Waals surface area contributed by atoms with Crippen molar-refractivity contribution in [2.45, 2.75) is 33.4 Å². The van der Waals surface area contributed by atoms with Crippen LogP contribution in [0.15, 0.2) is 24.3 Å². The first-order valence-corrected chi connectivity index (χ1v) is 4.60. The quantitative estimate of drug-likeness (QED) is 0.645. The lowest BCUT2D eigenvalue weighted by atomic mass is 10.1. The second-order valence-electron chi connectivity index (χ2n) is 2.78. The average Bonchev–Trinajstić information content (AvgIpc) is 2.04. The Morgan fingerprint density at radius 1 is 1.14 bits per heavy atom. The summed E-state index contributed by atoms with van der Waals surface area (Å²) in [6.45, 7) is 5.78. The maximum absolute atomic E-state index is 11.9. The van der Waals surface area contributed by atoms with Crippen molar-refractivity contribution in [2.75, 3.05) is 0 Å². The molecule has 0 spiro atoms. The summed E-state index contributed by atoms with van der Waals surface area (Å²) in [7, 11) is 0. The molecule has 0 bridgehead atoms. The number of benzene rings is 1. The summed E-state index contributed by atoms with van der Waals surface area (Å²) in [4.78, 5) is 0. The molecule has 80 valence electrons. The molecular weight excluding hydrogens is 189 g/mol. The Hall–Kier alpha value is -0.990. The van der Waals surface area contributed by atoms with Crippen molar-refractivity contribution in [1.29, 1.82) is 0 Å². The van der Waals surface area contributed by atoms with Gasteiger partial charge in [-0.05, 0) is 12.5 Å². The molecule has 0 aliphatic carbocycles. The summed E-state index contributed by atoms with van der Waals surface area (Å²) in [5.74, 6) is 0. The summed E-state index contributed by atoms with van der Waals surface area (Å²) >= 11 is 0. The monoisotopic (exact) mass is 204 g/mol. The molecule has 0 amide bonds. The third kappa shape index (κ3) is 5.62. The van der Waals surface area contributed by atoms with E-state index in [1.165, 1.54) is 6.07 Å². The lowest BCUT2D eigenvalue weighted by Gasteiger charge is -2.06. The third-order valence-electron chi connectivity index (χ3n) is 1.49. The zero-order chi connectivity index (χ0) is 11.2. The van der Waals surface area contributed by atoms with Gasteiger partial charge < -0.3 is 0 Å². The van der Waals surface area contributed by atoms with Crippen LogP contribution in [0.25, 0.3) is 0 Å². The molecule has 0 aliphatic heterocycles. The van der Waals surface area contributed by atoms with E-state index in [1.807, 2.05) is 13.8 Å². The van der Waals surface area contributed by atoms with E-state index in [0.717, 1.165) is 5.56 Å². The summed E-state index contributed by atoms with van der Waals surface area (Å²) in [5.41, 5.74) is 1.18. The Labute approximate surface area is 82.8 Å². The van der Waals surface area contributed by atoms with Gasteiger partial charge in [0.1, 0.15) is 0 Å². The molecule has 0 radical (unpaired) electrons. The molecule has 0 unspecified atom stereocenters. The van der Waals surface area contributed by atoms with Gasteiger partial charge in [-0.2, -0.15) is 13.2 Å². The van der Waals surface area contributed by atoms with Crippen LogP contribution in [-0.2, 0) is 6.42 Å². The van der Waals surface area contributed by atoms with Crippen LogP contribution in [0.2, 0.25) is 0 Å². The number of hydrogen-bond donors (Lipinski definition) is 0. The maximum Gasteiger partial charge on any atom is 0.393 e. The molecule has 0 fully saturated rings. The Morgan fingerprint density at radius 2 is 1.71 bits per heavy atom. The van der Waals surface area contributed by atoms with E-state index in [4.69, 9.17) is 0 Å². The molecule has 0 saturated heterocycles. The van der Waals surface area contributed by atoms with Crippen LogP contribution < -0.4 is 0 Å². The lowest BCUT2D eigenvalue weighted by Crippen LogP contribution is -2.11. The maximum atomic E-state index is 11.9. The van der Waals surface area contributed by atoms with Gasteiger partial charge >= 0.3 is 6.18 Å². The van der Waals surface area contributed by atoms with E-state index in [-0.39, 0.29) is 0 Å². The number of alkyl halides is 3. The second kappa shape index (κ2) is 5.68. The lowest BCUT2D eigenvalue weighted by molar-refractivity contribution is -0.127. The highest BCUT2D eigenvalue weighted by molar-refractivity contribution is 5.22. The summed E-state index contributed by atoms with van der Waals surface area (Å²) < 4.78 is 35.6. The van der Waals surface area contributed by atoms with Crippen molar-refractivity contribution < 1.29 is 13.2 Å². The number of aryl methyl sites for hydroxylation is 1. The van der Waals surface area contributed by atoms with Crippen molar-refractivity contribution >= 4 is 0 Å². The van der Waals surface area contributed by atoms with Crippen LogP contribution in [0.3, 0.4) is 0 Å². The molecule has 1 aromatic carbocycles. The molecule has 0 saturated carbocycles. The largest absolute Gasteiger partial charge is 0.393 e. The van der Waals surface area contributed by atoms with Crippen LogP contribution in [0, 0.1) is 6.92 Å². The van der Waals surface area contributed by atoms with Gasteiger partial charge in [0, 0.05) is 0 Å². The first-order chi connectivity index (χ1) is 6.47. The minimum Gasteiger partial charge on any atom is -0.171 e. The molecule has 0 atom stereocenters. The van der Waals surface area contributed by atoms with Crippen molar-refractivity contribution in [3.05, 3.63) is 35.4 Å². The van der Waals surface area contributed by atoms with Crippen molar-refractivity contribution in [1.82, 2.24) is 0 Å². The second-order valence-corrected chi connectivity index (χ2v) is 2.78. The SMILES string of the molecule is CC.Cc1cccc(CC(F)(F)F)c1. The molecule has 0 aromatic heterocycles. The first-order valence-electron chi connectivity index (χ1n) is 4.60. The average molecular weight is 204 g/mol. The van der Waals surface area contributed by atoms with Gasteiger partial charge in [0.05, 0.1) is 6.42 Å². The highest BCUT2D eigenvalue weighted by Crippen LogP contribution is 2.21. The highest BCUT2D eigenvalue weighted by Gasteiger charge is 2.27. The molecule has 1 rings (SSSR count). The number of halogens is 3. The molecule has 0 N–H and O–H groups in total. The van der Waals surface area contributed by atoms with E-state index in [2.05, 4.69) is 0 Å². The topological polar surface area (TPSA) is 0 Å². The van der Waals surface area contributed by atoms with Crippen LogP contribution in [-0.4, -0.2) is 6.18 Å². The van der Waals surface area contributed by atoms with Crippen LogP contribution >= 0.6 is 0 Å². The van der Waals surface area contributed by atoms with E-state index in [0.29, 0.717) is 5.56 Å². The van der Waals surface area contributed by atoms with Gasteiger partial charge in [0.25, 0.3) is 0 Å². The van der Waals surface area contributed by atoms with Crippen molar-refractivity contribution in [2.24, 2.45) is 0 Å². The Bertz CT molecular complexity index is 263. The zero-order valence-corrected chi connectivity index (χ0v) is 8.65. The first kappa shape index (κ1) is 13.0. The van der Waals surface area contributed by atoms with Gasteiger partial charge in [0.15, 0.2) is 0 Å². The minimum atomic E-state index is -4.10. The fraction of sp³-hybridized carbons (Fsp3) is 0.455. The summed E-state index contributed by atoms with van der Waals surface area (Å²) in [5, 5.41) is 0. The summed E-state index contributed by atoms with van der Waals surface area (Å²) in [6.07, 6.45) is -4.94. The van der Waals surface area contributed by atoms with Crippen molar-refractivity contribution in [3.63, 3.8) is 0 Å². The van der Waals surface area contributed by atoms with E-state index < -0.39 is 12.6 Å². The van der Waals surface area contributed by atoms with E-state index in [9.17, 15) is 13.2 Å². The standard InChI is InChI=1S/C9H9F3.C2H6/c1-7-3-2-4-8(5-7)6-9(10,11)12;1-2/h2-5H,6H2,1H3;1-2H3. The van der Waals surface area contributed by atoms with Crippen LogP contribution in [0.4, 0.5) is 13.2 Å². The van der Waals surface area contributed by atoms with Gasteiger partial charge in [-0.25, -0.2) is 0 Å². The van der Waals surface area contributed by atoms with Crippen LogP contribution in [0.5, 0.6) is 0 Å². The third-order valence-corrected chi connectivity index (χ3v) is 1.49. The fourth-order valence-corrected chi connectivity index (χ4v) is 1.05. The highest BCUT2D eigenvalue weighted by atomic mass is 19.4. The van der Waals surface area contributed by atoms with Gasteiger partial charge in [-0.3, -0.25) is 0 Å². The van der Waals surface area contributed by atoms with E-state index in [1.54, 1.807) is 25.1 Å². The minimum absolute atomic E-state index is 0.322. The molecule has 0 heterocycles. The normalized spacial score (nSPS) is 10.4. The zero-order valence-electron chi connectivity index (χ0n) is 8.65. The van der Waals surface area contributed by atoms with Crippen molar-refractivity contribution in [3.8, 4) is 0 Å². The molecule has 0 aliphatic rings. The van der Waals surface area contributed by atoms with Gasteiger partial charge in [0.2, 0.25) is 0 Å². The molecule has 14 heavy (non-hydrogen) atoms. The predicted octanol–water partition coefficient (Wildman–Crippen LogP) is 4.13. The fourth-order valence-electron chi connectivity index (χ4n) is 1.05. The molecule has 3 heteroatoms. The molecule has 1 aromatic rings. The summed E-state index contributed by atoms with van der Waals surface area (Å²) in [6, 6.07) is 6.45. The van der Waals surface area contributed by atoms with Gasteiger partial charge in [-0.15, -0.1) is 0 Å².